The predicted molar refractivity (Wildman–Crippen MR) is 91.0 cm³/mol. The van der Waals surface area contributed by atoms with E-state index in [2.05, 4.69) is 0 Å². The van der Waals surface area contributed by atoms with Crippen LogP contribution in [0.3, 0.4) is 0 Å². The second-order valence-electron chi connectivity index (χ2n) is 6.74. The van der Waals surface area contributed by atoms with Gasteiger partial charge in [0.2, 0.25) is 0 Å². The van der Waals surface area contributed by atoms with E-state index in [4.69, 9.17) is 14.9 Å². The summed E-state index contributed by atoms with van der Waals surface area (Å²) in [6, 6.07) is 7.81. The molecule has 2 aromatic rings. The van der Waals surface area contributed by atoms with Gasteiger partial charge in [-0.25, -0.2) is 4.79 Å². The maximum atomic E-state index is 12.1. The van der Waals surface area contributed by atoms with E-state index < -0.39 is 5.60 Å². The monoisotopic (exact) mass is 314 g/mol. The molecule has 1 aromatic carbocycles. The Kier molecular flexibility index (Phi) is 3.80. The van der Waals surface area contributed by atoms with Crippen LogP contribution >= 0.6 is 0 Å². The molecule has 2 N–H and O–H groups in total. The van der Waals surface area contributed by atoms with Gasteiger partial charge in [0, 0.05) is 24.0 Å². The van der Waals surface area contributed by atoms with E-state index in [1.54, 1.807) is 4.90 Å². The van der Waals surface area contributed by atoms with Crippen LogP contribution in [0.2, 0.25) is 0 Å². The van der Waals surface area contributed by atoms with E-state index in [0.29, 0.717) is 19.0 Å². The molecule has 0 aliphatic carbocycles. The lowest BCUT2D eigenvalue weighted by atomic mass is 9.98. The number of rotatable bonds is 1. The summed E-state index contributed by atoms with van der Waals surface area (Å²) in [5.41, 5.74) is 8.42. The fourth-order valence-electron chi connectivity index (χ4n) is 2.78. The minimum absolute atomic E-state index is 0.280. The van der Waals surface area contributed by atoms with E-state index >= 15 is 0 Å². The summed E-state index contributed by atoms with van der Waals surface area (Å²) in [5.74, 6) is 0.433. The van der Waals surface area contributed by atoms with Gasteiger partial charge in [0.05, 0.1) is 0 Å². The molecular weight excluding hydrogens is 292 g/mol. The minimum atomic E-state index is -0.480. The van der Waals surface area contributed by atoms with Crippen molar-refractivity contribution >= 4 is 28.5 Å². The molecule has 23 heavy (non-hydrogen) atoms. The summed E-state index contributed by atoms with van der Waals surface area (Å²) in [5, 5.41) is 1.02. The van der Waals surface area contributed by atoms with Crippen molar-refractivity contribution in [2.45, 2.75) is 32.8 Å². The van der Waals surface area contributed by atoms with E-state index in [-0.39, 0.29) is 6.09 Å². The van der Waals surface area contributed by atoms with Crippen LogP contribution < -0.4 is 5.73 Å². The maximum Gasteiger partial charge on any atom is 0.410 e. The molecule has 2 heterocycles. The number of ether oxygens (including phenoxy) is 1. The van der Waals surface area contributed by atoms with Gasteiger partial charge in [0.1, 0.15) is 11.2 Å². The van der Waals surface area contributed by atoms with E-state index in [1.807, 2.05) is 51.1 Å². The number of nitrogens with two attached hydrogens (primary N) is 1. The molecule has 0 fully saturated rings. The van der Waals surface area contributed by atoms with Crippen molar-refractivity contribution in [2.24, 2.45) is 0 Å². The van der Waals surface area contributed by atoms with Gasteiger partial charge in [-0.3, -0.25) is 0 Å². The molecule has 122 valence electrons. The largest absolute Gasteiger partial charge is 0.444 e. The first-order valence-corrected chi connectivity index (χ1v) is 7.79. The van der Waals surface area contributed by atoms with Gasteiger partial charge in [0.15, 0.2) is 5.88 Å². The second-order valence-corrected chi connectivity index (χ2v) is 6.74. The van der Waals surface area contributed by atoms with Crippen molar-refractivity contribution < 1.29 is 13.9 Å². The van der Waals surface area contributed by atoms with Crippen LogP contribution in [0.5, 0.6) is 0 Å². The lowest BCUT2D eigenvalue weighted by molar-refractivity contribution is 0.0270. The Labute approximate surface area is 135 Å². The van der Waals surface area contributed by atoms with Crippen LogP contribution in [-0.2, 0) is 4.74 Å². The maximum absolute atomic E-state index is 12.1. The smallest absolute Gasteiger partial charge is 0.410 e. The zero-order valence-electron chi connectivity index (χ0n) is 13.8. The molecule has 1 aliphatic heterocycles. The third-order valence-corrected chi connectivity index (χ3v) is 3.80. The third-order valence-electron chi connectivity index (χ3n) is 3.80. The number of anilines is 1. The highest BCUT2D eigenvalue weighted by atomic mass is 16.6. The SMILES string of the molecule is CC(C)(C)OC(=O)N1CC=C(c2c(N)oc3ccccc23)CC1. The number of para-hydroxylation sites is 1. The Balaban J connectivity index is 1.81. The van der Waals surface area contributed by atoms with Crippen LogP contribution in [0.1, 0.15) is 32.8 Å². The Bertz CT molecular complexity index is 768. The molecule has 5 nitrogen and oxygen atoms in total. The number of benzene rings is 1. The molecule has 0 radical (unpaired) electrons. The molecule has 0 atom stereocenters. The summed E-state index contributed by atoms with van der Waals surface area (Å²) >= 11 is 0. The summed E-state index contributed by atoms with van der Waals surface area (Å²) in [6.45, 7) is 6.74. The lowest BCUT2D eigenvalue weighted by Gasteiger charge is -2.29. The fraction of sp³-hybridized carbons (Fsp3) is 0.389. The quantitative estimate of drug-likeness (QED) is 0.862. The average molecular weight is 314 g/mol. The fourth-order valence-corrected chi connectivity index (χ4v) is 2.78. The minimum Gasteiger partial charge on any atom is -0.444 e. The number of hydrogen-bond donors (Lipinski definition) is 1. The number of nitrogens with zero attached hydrogens (tertiary/aromatic N) is 1. The highest BCUT2D eigenvalue weighted by molar-refractivity contribution is 5.96. The summed E-state index contributed by atoms with van der Waals surface area (Å²) < 4.78 is 11.0. The van der Waals surface area contributed by atoms with Gasteiger partial charge < -0.3 is 19.8 Å². The van der Waals surface area contributed by atoms with Gasteiger partial charge in [0.25, 0.3) is 0 Å². The van der Waals surface area contributed by atoms with Crippen LogP contribution in [0.25, 0.3) is 16.5 Å². The third kappa shape index (κ3) is 3.18. The number of amides is 1. The molecule has 3 rings (SSSR count). The Hall–Kier alpha value is -2.43. The van der Waals surface area contributed by atoms with Crippen LogP contribution in [0, 0.1) is 0 Å². The molecule has 1 aromatic heterocycles. The average Bonchev–Trinajstić information content (AvgIpc) is 2.81. The highest BCUT2D eigenvalue weighted by Crippen LogP contribution is 2.36. The van der Waals surface area contributed by atoms with Crippen molar-refractivity contribution in [3.63, 3.8) is 0 Å². The Morgan fingerprint density at radius 2 is 2.04 bits per heavy atom. The zero-order chi connectivity index (χ0) is 16.6. The van der Waals surface area contributed by atoms with Gasteiger partial charge in [-0.2, -0.15) is 0 Å². The predicted octanol–water partition coefficient (Wildman–Crippen LogP) is 4.04. The first-order chi connectivity index (χ1) is 10.8. The van der Waals surface area contributed by atoms with Crippen LogP contribution in [-0.4, -0.2) is 29.7 Å². The Morgan fingerprint density at radius 1 is 1.30 bits per heavy atom. The molecule has 5 heteroatoms. The number of furan rings is 1. The van der Waals surface area contributed by atoms with Crippen molar-refractivity contribution in [3.8, 4) is 0 Å². The van der Waals surface area contributed by atoms with Crippen LogP contribution in [0.4, 0.5) is 10.7 Å². The highest BCUT2D eigenvalue weighted by Gasteiger charge is 2.25. The second kappa shape index (κ2) is 5.65. The molecule has 1 amide bonds. The van der Waals surface area contributed by atoms with E-state index in [1.165, 1.54) is 0 Å². The van der Waals surface area contributed by atoms with Crippen molar-refractivity contribution in [2.75, 3.05) is 18.8 Å². The van der Waals surface area contributed by atoms with Crippen molar-refractivity contribution in [3.05, 3.63) is 35.9 Å². The molecule has 1 aliphatic rings. The summed E-state index contributed by atoms with van der Waals surface area (Å²) in [4.78, 5) is 13.8. The van der Waals surface area contributed by atoms with Crippen LogP contribution in [0.15, 0.2) is 34.8 Å². The summed E-state index contributed by atoms with van der Waals surface area (Å²) in [7, 11) is 0. The van der Waals surface area contributed by atoms with Crippen molar-refractivity contribution in [1.29, 1.82) is 0 Å². The number of carbonyl (C=O) groups excluding carboxylic acids is 1. The lowest BCUT2D eigenvalue weighted by Crippen LogP contribution is -2.39. The first-order valence-electron chi connectivity index (χ1n) is 7.79. The number of nitrogen functional groups attached to an aromatic ring is 1. The standard InChI is InChI=1S/C18H22N2O3/c1-18(2,3)23-17(21)20-10-8-12(9-11-20)15-13-6-4-5-7-14(13)22-16(15)19/h4-8H,9-11,19H2,1-3H3. The first kappa shape index (κ1) is 15.5. The normalized spacial score (nSPS) is 15.6. The molecule has 0 spiro atoms. The number of fused-ring (bicyclic) bond motifs is 1. The Morgan fingerprint density at radius 3 is 2.70 bits per heavy atom. The van der Waals surface area contributed by atoms with Gasteiger partial charge in [-0.1, -0.05) is 24.3 Å². The van der Waals surface area contributed by atoms with Gasteiger partial charge in [-0.05, 0) is 38.8 Å². The van der Waals surface area contributed by atoms with E-state index in [9.17, 15) is 4.79 Å². The number of hydrogen-bond acceptors (Lipinski definition) is 4. The topological polar surface area (TPSA) is 68.7 Å². The molecule has 0 saturated heterocycles. The van der Waals surface area contributed by atoms with Gasteiger partial charge >= 0.3 is 6.09 Å². The zero-order valence-corrected chi connectivity index (χ0v) is 13.8. The summed E-state index contributed by atoms with van der Waals surface area (Å²) in [6.07, 6.45) is 2.48. The van der Waals surface area contributed by atoms with E-state index in [0.717, 1.165) is 28.5 Å². The molecule has 0 unspecified atom stereocenters. The molecule has 0 bridgehead atoms. The number of carbonyl (C=O) groups is 1. The molecule has 0 saturated carbocycles. The van der Waals surface area contributed by atoms with Gasteiger partial charge in [-0.15, -0.1) is 0 Å². The molecular formula is C18H22N2O3. The van der Waals surface area contributed by atoms with Crippen molar-refractivity contribution in [1.82, 2.24) is 4.90 Å².